The summed E-state index contributed by atoms with van der Waals surface area (Å²) in [5.41, 5.74) is -0.0643. The number of amides is 1. The van der Waals surface area contributed by atoms with Gasteiger partial charge in [0.1, 0.15) is 0 Å². The quantitative estimate of drug-likeness (QED) is 0.781. The summed E-state index contributed by atoms with van der Waals surface area (Å²) in [5.74, 6) is 0.110. The highest BCUT2D eigenvalue weighted by Crippen LogP contribution is 2.28. The Bertz CT molecular complexity index is 548. The molecule has 0 aliphatic rings. The van der Waals surface area contributed by atoms with Crippen molar-refractivity contribution in [2.24, 2.45) is 0 Å². The molecule has 1 amide bonds. The van der Waals surface area contributed by atoms with Crippen LogP contribution >= 0.6 is 0 Å². The summed E-state index contributed by atoms with van der Waals surface area (Å²) in [6.07, 6.45) is 0. The van der Waals surface area contributed by atoms with E-state index in [4.69, 9.17) is 14.2 Å². The zero-order valence-electron chi connectivity index (χ0n) is 14.4. The predicted molar refractivity (Wildman–Crippen MR) is 87.0 cm³/mol. The molecule has 128 valence electrons. The second-order valence-electron chi connectivity index (χ2n) is 5.90. The predicted octanol–water partition coefficient (Wildman–Crippen LogP) is 2.56. The van der Waals surface area contributed by atoms with Crippen LogP contribution in [0.25, 0.3) is 0 Å². The Balaban J connectivity index is 2.72. The number of carbonyl (C=O) groups is 2. The summed E-state index contributed by atoms with van der Waals surface area (Å²) in [5, 5.41) is 2.72. The minimum Gasteiger partial charge on any atom is -0.490 e. The van der Waals surface area contributed by atoms with Gasteiger partial charge in [0.05, 0.1) is 18.8 Å². The molecule has 1 rings (SSSR count). The number of hydrogen-bond acceptors (Lipinski definition) is 5. The van der Waals surface area contributed by atoms with E-state index in [0.29, 0.717) is 30.3 Å². The van der Waals surface area contributed by atoms with Crippen molar-refractivity contribution in [3.8, 4) is 11.5 Å². The second kappa shape index (κ2) is 8.41. The summed E-state index contributed by atoms with van der Waals surface area (Å²) in [4.78, 5) is 23.7. The molecule has 0 unspecified atom stereocenters. The van der Waals surface area contributed by atoms with Crippen molar-refractivity contribution in [1.82, 2.24) is 5.32 Å². The average molecular weight is 323 g/mol. The van der Waals surface area contributed by atoms with Crippen LogP contribution in [0, 0.1) is 0 Å². The second-order valence-corrected chi connectivity index (χ2v) is 5.90. The number of hydrogen-bond donors (Lipinski definition) is 1. The summed E-state index contributed by atoms with van der Waals surface area (Å²) < 4.78 is 15.9. The molecule has 0 atom stereocenters. The number of carbonyl (C=O) groups excluding carboxylic acids is 2. The Kier molecular flexibility index (Phi) is 6.88. The lowest BCUT2D eigenvalue weighted by Gasteiger charge is -2.20. The maximum atomic E-state index is 12.0. The highest BCUT2D eigenvalue weighted by atomic mass is 16.5. The summed E-state index contributed by atoms with van der Waals surface area (Å²) in [6, 6.07) is 4.79. The number of esters is 1. The lowest BCUT2D eigenvalue weighted by molar-refractivity contribution is -0.125. The van der Waals surface area contributed by atoms with Gasteiger partial charge in [-0.2, -0.15) is 0 Å². The molecule has 0 saturated heterocycles. The Morgan fingerprint density at radius 1 is 1.04 bits per heavy atom. The number of ether oxygens (including phenoxy) is 3. The zero-order chi connectivity index (χ0) is 17.5. The van der Waals surface area contributed by atoms with Crippen molar-refractivity contribution in [2.75, 3.05) is 19.8 Å². The fourth-order valence-electron chi connectivity index (χ4n) is 1.85. The molecule has 0 aromatic heterocycles. The number of nitrogens with one attached hydrogen (secondary N) is 1. The van der Waals surface area contributed by atoms with Crippen LogP contribution in [0.1, 0.15) is 45.0 Å². The highest BCUT2D eigenvalue weighted by molar-refractivity contribution is 5.92. The van der Waals surface area contributed by atoms with Gasteiger partial charge >= 0.3 is 5.97 Å². The van der Waals surface area contributed by atoms with Crippen LogP contribution in [-0.4, -0.2) is 37.2 Å². The van der Waals surface area contributed by atoms with E-state index in [1.807, 2.05) is 34.6 Å². The van der Waals surface area contributed by atoms with Crippen molar-refractivity contribution in [1.29, 1.82) is 0 Å². The first kappa shape index (κ1) is 18.8. The van der Waals surface area contributed by atoms with Gasteiger partial charge in [-0.15, -0.1) is 0 Å². The lowest BCUT2D eigenvalue weighted by atomic mass is 10.1. The molecule has 23 heavy (non-hydrogen) atoms. The smallest absolute Gasteiger partial charge is 0.338 e. The molecule has 0 radical (unpaired) electrons. The van der Waals surface area contributed by atoms with Crippen LogP contribution in [0.3, 0.4) is 0 Å². The third-order valence-corrected chi connectivity index (χ3v) is 2.63. The van der Waals surface area contributed by atoms with Crippen LogP contribution < -0.4 is 14.8 Å². The standard InChI is InChI=1S/C17H25NO5/c1-6-21-13-9-8-12(10-14(13)22-7-2)16(20)23-11-15(19)18-17(3,4)5/h8-10H,6-7,11H2,1-5H3,(H,18,19). The SMILES string of the molecule is CCOc1ccc(C(=O)OCC(=O)NC(C)(C)C)cc1OCC. The summed E-state index contributed by atoms with van der Waals surface area (Å²) in [7, 11) is 0. The topological polar surface area (TPSA) is 73.9 Å². The molecule has 0 spiro atoms. The Hall–Kier alpha value is -2.24. The van der Waals surface area contributed by atoms with E-state index >= 15 is 0 Å². The largest absolute Gasteiger partial charge is 0.490 e. The lowest BCUT2D eigenvalue weighted by Crippen LogP contribution is -2.42. The maximum Gasteiger partial charge on any atom is 0.338 e. The van der Waals surface area contributed by atoms with E-state index in [-0.39, 0.29) is 18.1 Å². The molecule has 6 nitrogen and oxygen atoms in total. The number of rotatable bonds is 7. The molecule has 0 aliphatic heterocycles. The summed E-state index contributed by atoms with van der Waals surface area (Å²) >= 11 is 0. The molecular formula is C17H25NO5. The molecule has 0 fully saturated rings. The van der Waals surface area contributed by atoms with Gasteiger partial charge in [-0.25, -0.2) is 4.79 Å². The van der Waals surface area contributed by atoms with Gasteiger partial charge < -0.3 is 19.5 Å². The van der Waals surface area contributed by atoms with Crippen LogP contribution in [-0.2, 0) is 9.53 Å². The fraction of sp³-hybridized carbons (Fsp3) is 0.529. The monoisotopic (exact) mass is 323 g/mol. The molecule has 0 bridgehead atoms. The van der Waals surface area contributed by atoms with Gasteiger partial charge in [0.2, 0.25) is 0 Å². The van der Waals surface area contributed by atoms with E-state index < -0.39 is 5.97 Å². The molecule has 1 aromatic rings. The molecule has 1 aromatic carbocycles. The Morgan fingerprint density at radius 2 is 1.65 bits per heavy atom. The van der Waals surface area contributed by atoms with Crippen LogP contribution in [0.15, 0.2) is 18.2 Å². The molecular weight excluding hydrogens is 298 g/mol. The van der Waals surface area contributed by atoms with Gasteiger partial charge in [-0.05, 0) is 52.8 Å². The van der Waals surface area contributed by atoms with Crippen molar-refractivity contribution >= 4 is 11.9 Å². The van der Waals surface area contributed by atoms with Crippen LogP contribution in [0.5, 0.6) is 11.5 Å². The van der Waals surface area contributed by atoms with E-state index in [1.54, 1.807) is 18.2 Å². The molecule has 0 heterocycles. The summed E-state index contributed by atoms with van der Waals surface area (Å²) in [6.45, 7) is 9.90. The Morgan fingerprint density at radius 3 is 2.22 bits per heavy atom. The van der Waals surface area contributed by atoms with Gasteiger partial charge in [-0.1, -0.05) is 0 Å². The van der Waals surface area contributed by atoms with Crippen molar-refractivity contribution in [2.45, 2.75) is 40.2 Å². The molecule has 0 saturated carbocycles. The van der Waals surface area contributed by atoms with Crippen molar-refractivity contribution in [3.05, 3.63) is 23.8 Å². The van der Waals surface area contributed by atoms with Crippen molar-refractivity contribution in [3.63, 3.8) is 0 Å². The van der Waals surface area contributed by atoms with E-state index in [1.165, 1.54) is 0 Å². The third kappa shape index (κ3) is 6.59. The van der Waals surface area contributed by atoms with Crippen molar-refractivity contribution < 1.29 is 23.8 Å². The molecule has 6 heteroatoms. The minimum absolute atomic E-state index is 0.306. The first-order valence-electron chi connectivity index (χ1n) is 7.64. The number of benzene rings is 1. The normalized spacial score (nSPS) is 10.8. The van der Waals surface area contributed by atoms with Gasteiger partial charge in [0.25, 0.3) is 5.91 Å². The first-order valence-corrected chi connectivity index (χ1v) is 7.64. The minimum atomic E-state index is -0.585. The van der Waals surface area contributed by atoms with Gasteiger partial charge in [-0.3, -0.25) is 4.79 Å². The van der Waals surface area contributed by atoms with Gasteiger partial charge in [0.15, 0.2) is 18.1 Å². The van der Waals surface area contributed by atoms with E-state index in [0.717, 1.165) is 0 Å². The molecule has 1 N–H and O–H groups in total. The highest BCUT2D eigenvalue weighted by Gasteiger charge is 2.17. The van der Waals surface area contributed by atoms with Crippen LogP contribution in [0.4, 0.5) is 0 Å². The average Bonchev–Trinajstić information content (AvgIpc) is 2.45. The zero-order valence-corrected chi connectivity index (χ0v) is 14.4. The van der Waals surface area contributed by atoms with Gasteiger partial charge in [0, 0.05) is 5.54 Å². The van der Waals surface area contributed by atoms with E-state index in [2.05, 4.69) is 5.32 Å². The molecule has 0 aliphatic carbocycles. The fourth-order valence-corrected chi connectivity index (χ4v) is 1.85. The van der Waals surface area contributed by atoms with Crippen LogP contribution in [0.2, 0.25) is 0 Å². The van der Waals surface area contributed by atoms with E-state index in [9.17, 15) is 9.59 Å². The Labute approximate surface area is 137 Å². The first-order chi connectivity index (χ1) is 10.8. The third-order valence-electron chi connectivity index (χ3n) is 2.63. The maximum absolute atomic E-state index is 12.0.